The number of carbonyl (C=O) groups excluding carboxylic acids is 1. The van der Waals surface area contributed by atoms with Crippen molar-refractivity contribution in [3.8, 4) is 0 Å². The summed E-state index contributed by atoms with van der Waals surface area (Å²) in [7, 11) is 1.55. The molecular weight excluding hydrogens is 299 g/mol. The van der Waals surface area contributed by atoms with Crippen molar-refractivity contribution in [2.24, 2.45) is 0 Å². The van der Waals surface area contributed by atoms with Crippen molar-refractivity contribution in [1.82, 2.24) is 10.6 Å². The highest BCUT2D eigenvalue weighted by molar-refractivity contribution is 6.30. The lowest BCUT2D eigenvalue weighted by Gasteiger charge is -2.23. The van der Waals surface area contributed by atoms with Crippen LogP contribution in [-0.4, -0.2) is 36.9 Å². The molecule has 118 valence electrons. The van der Waals surface area contributed by atoms with E-state index in [1.807, 2.05) is 13.8 Å². The predicted octanol–water partition coefficient (Wildman–Crippen LogP) is 2.24. The number of nitrogens with one attached hydrogen (secondary N) is 2. The fourth-order valence-electron chi connectivity index (χ4n) is 1.45. The van der Waals surface area contributed by atoms with Gasteiger partial charge in [-0.25, -0.2) is 9.18 Å². The maximum Gasteiger partial charge on any atom is 0.314 e. The summed E-state index contributed by atoms with van der Waals surface area (Å²) < 4.78 is 18.4. The largest absolute Gasteiger partial charge is 0.387 e. The molecule has 0 aliphatic heterocycles. The Kier molecular flexibility index (Phi) is 6.39. The van der Waals surface area contributed by atoms with Crippen LogP contribution in [0.15, 0.2) is 18.2 Å². The Hall–Kier alpha value is -1.37. The number of hydrogen-bond donors (Lipinski definition) is 3. The normalized spacial score (nSPS) is 12.9. The summed E-state index contributed by atoms with van der Waals surface area (Å²) in [6.45, 7) is 3.94. The van der Waals surface area contributed by atoms with Gasteiger partial charge < -0.3 is 20.5 Å². The van der Waals surface area contributed by atoms with Crippen molar-refractivity contribution < 1.29 is 19.0 Å². The Balaban J connectivity index is 2.43. The molecule has 1 aromatic carbocycles. The quantitative estimate of drug-likeness (QED) is 0.753. The number of halogens is 2. The van der Waals surface area contributed by atoms with Gasteiger partial charge in [0.25, 0.3) is 0 Å². The topological polar surface area (TPSA) is 70.6 Å². The number of aliphatic hydroxyl groups excluding tert-OH is 1. The van der Waals surface area contributed by atoms with Crippen LogP contribution in [0.4, 0.5) is 9.18 Å². The summed E-state index contributed by atoms with van der Waals surface area (Å²) >= 11 is 5.56. The van der Waals surface area contributed by atoms with Gasteiger partial charge in [-0.3, -0.25) is 0 Å². The summed E-state index contributed by atoms with van der Waals surface area (Å²) in [5.41, 5.74) is -0.135. The molecule has 1 rings (SSSR count). The van der Waals surface area contributed by atoms with Gasteiger partial charge in [0.05, 0.1) is 16.7 Å². The standard InChI is InChI=1S/C14H20ClFN2O3/c1-14(2,21-3)8-18-13(20)17-7-12(19)9-4-5-10(15)11(16)6-9/h4-6,12,19H,7-8H2,1-3H3,(H2,17,18,20). The Labute approximate surface area is 128 Å². The van der Waals surface area contributed by atoms with E-state index < -0.39 is 23.6 Å². The molecule has 2 amide bonds. The van der Waals surface area contributed by atoms with Crippen molar-refractivity contribution in [2.75, 3.05) is 20.2 Å². The van der Waals surface area contributed by atoms with E-state index in [0.717, 1.165) is 6.07 Å². The number of methoxy groups -OCH3 is 1. The molecule has 0 radical (unpaired) electrons. The summed E-state index contributed by atoms with van der Waals surface area (Å²) in [6.07, 6.45) is -1.02. The van der Waals surface area contributed by atoms with Crippen molar-refractivity contribution >= 4 is 17.6 Å². The maximum absolute atomic E-state index is 13.3. The van der Waals surface area contributed by atoms with Gasteiger partial charge in [0.2, 0.25) is 0 Å². The van der Waals surface area contributed by atoms with Gasteiger partial charge in [-0.15, -0.1) is 0 Å². The average molecular weight is 319 g/mol. The van der Waals surface area contributed by atoms with Crippen LogP contribution >= 0.6 is 11.6 Å². The first-order valence-corrected chi connectivity index (χ1v) is 6.83. The van der Waals surface area contributed by atoms with Crippen LogP contribution in [0.3, 0.4) is 0 Å². The van der Waals surface area contributed by atoms with Gasteiger partial charge in [-0.2, -0.15) is 0 Å². The van der Waals surface area contributed by atoms with E-state index >= 15 is 0 Å². The van der Waals surface area contributed by atoms with E-state index in [-0.39, 0.29) is 11.6 Å². The van der Waals surface area contributed by atoms with Gasteiger partial charge in [-0.1, -0.05) is 17.7 Å². The minimum atomic E-state index is -1.02. The molecule has 7 heteroatoms. The van der Waals surface area contributed by atoms with E-state index in [9.17, 15) is 14.3 Å². The first-order chi connectivity index (χ1) is 9.75. The third kappa shape index (κ3) is 5.87. The molecule has 5 nitrogen and oxygen atoms in total. The van der Waals surface area contributed by atoms with Gasteiger partial charge in [0.1, 0.15) is 5.82 Å². The van der Waals surface area contributed by atoms with Gasteiger partial charge >= 0.3 is 6.03 Å². The molecule has 0 aliphatic carbocycles. The van der Waals surface area contributed by atoms with Crippen LogP contribution in [0.2, 0.25) is 5.02 Å². The van der Waals surface area contributed by atoms with E-state index in [1.165, 1.54) is 12.1 Å². The third-order valence-corrected chi connectivity index (χ3v) is 3.32. The first kappa shape index (κ1) is 17.7. The molecule has 3 N–H and O–H groups in total. The molecule has 0 saturated carbocycles. The van der Waals surface area contributed by atoms with E-state index in [0.29, 0.717) is 12.1 Å². The first-order valence-electron chi connectivity index (χ1n) is 6.45. The van der Waals surface area contributed by atoms with Crippen molar-refractivity contribution in [3.63, 3.8) is 0 Å². The fourth-order valence-corrected chi connectivity index (χ4v) is 1.57. The highest BCUT2D eigenvalue weighted by Gasteiger charge is 2.17. The molecule has 0 heterocycles. The molecule has 0 aromatic heterocycles. The van der Waals surface area contributed by atoms with Crippen LogP contribution in [0.25, 0.3) is 0 Å². The van der Waals surface area contributed by atoms with Gasteiger partial charge in [0, 0.05) is 20.2 Å². The maximum atomic E-state index is 13.3. The van der Waals surface area contributed by atoms with Crippen LogP contribution in [0, 0.1) is 5.82 Å². The summed E-state index contributed by atoms with van der Waals surface area (Å²) in [5, 5.41) is 15.0. The highest BCUT2D eigenvalue weighted by Crippen LogP contribution is 2.19. The molecule has 0 aliphatic rings. The molecule has 1 aromatic rings. The van der Waals surface area contributed by atoms with Crippen molar-refractivity contribution in [1.29, 1.82) is 0 Å². The summed E-state index contributed by atoms with van der Waals surface area (Å²) in [5.74, 6) is -0.612. The SMILES string of the molecule is COC(C)(C)CNC(=O)NCC(O)c1ccc(Cl)c(F)c1. The zero-order valence-electron chi connectivity index (χ0n) is 12.2. The zero-order chi connectivity index (χ0) is 16.0. The number of hydrogen-bond acceptors (Lipinski definition) is 3. The number of aliphatic hydroxyl groups is 1. The van der Waals surface area contributed by atoms with E-state index in [4.69, 9.17) is 16.3 Å². The molecular formula is C14H20ClFN2O3. The molecule has 0 bridgehead atoms. The lowest BCUT2D eigenvalue weighted by molar-refractivity contribution is 0.0253. The average Bonchev–Trinajstić information content (AvgIpc) is 2.45. The monoisotopic (exact) mass is 318 g/mol. The smallest absolute Gasteiger partial charge is 0.314 e. The Bertz CT molecular complexity index is 497. The van der Waals surface area contributed by atoms with E-state index in [1.54, 1.807) is 7.11 Å². The second kappa shape index (κ2) is 7.59. The van der Waals surface area contributed by atoms with Crippen molar-refractivity contribution in [2.45, 2.75) is 25.6 Å². The number of ether oxygens (including phenoxy) is 1. The van der Waals surface area contributed by atoms with Crippen LogP contribution in [0.1, 0.15) is 25.5 Å². The zero-order valence-corrected chi connectivity index (χ0v) is 13.0. The number of carbonyl (C=O) groups is 1. The van der Waals surface area contributed by atoms with Gasteiger partial charge in [0.15, 0.2) is 0 Å². The summed E-state index contributed by atoms with van der Waals surface area (Å²) in [6, 6.07) is 3.56. The number of amides is 2. The van der Waals surface area contributed by atoms with Crippen molar-refractivity contribution in [3.05, 3.63) is 34.6 Å². The molecule has 0 fully saturated rings. The van der Waals surface area contributed by atoms with Crippen LogP contribution in [0.5, 0.6) is 0 Å². The minimum Gasteiger partial charge on any atom is -0.387 e. The Morgan fingerprint density at radius 1 is 1.48 bits per heavy atom. The van der Waals surface area contributed by atoms with Crippen LogP contribution in [-0.2, 0) is 4.74 Å². The second-order valence-corrected chi connectivity index (χ2v) is 5.62. The van der Waals surface area contributed by atoms with Gasteiger partial charge in [-0.05, 0) is 31.5 Å². The fraction of sp³-hybridized carbons (Fsp3) is 0.500. The highest BCUT2D eigenvalue weighted by atomic mass is 35.5. The number of rotatable bonds is 6. The van der Waals surface area contributed by atoms with E-state index in [2.05, 4.69) is 10.6 Å². The minimum absolute atomic E-state index is 0.0153. The molecule has 0 saturated heterocycles. The second-order valence-electron chi connectivity index (χ2n) is 5.22. The molecule has 0 spiro atoms. The Morgan fingerprint density at radius 2 is 2.14 bits per heavy atom. The molecule has 1 atom stereocenters. The third-order valence-electron chi connectivity index (χ3n) is 3.01. The molecule has 21 heavy (non-hydrogen) atoms. The lowest BCUT2D eigenvalue weighted by atomic mass is 10.1. The Morgan fingerprint density at radius 3 is 2.71 bits per heavy atom. The lowest BCUT2D eigenvalue weighted by Crippen LogP contribution is -2.45. The number of benzene rings is 1. The predicted molar refractivity (Wildman–Crippen MR) is 78.9 cm³/mol. The van der Waals surface area contributed by atoms with Crippen LogP contribution < -0.4 is 10.6 Å². The molecule has 1 unspecified atom stereocenters. The summed E-state index contributed by atoms with van der Waals surface area (Å²) in [4.78, 5) is 11.6. The number of urea groups is 1.